The van der Waals surface area contributed by atoms with Crippen molar-refractivity contribution in [3.05, 3.63) is 33.8 Å². The predicted molar refractivity (Wildman–Crippen MR) is 56.0 cm³/mol. The normalized spacial score (nSPS) is 19.9. The molecule has 72 valence electrons. The van der Waals surface area contributed by atoms with E-state index in [4.69, 9.17) is 22.6 Å². The quantitative estimate of drug-likeness (QED) is 0.709. The van der Waals surface area contributed by atoms with Gasteiger partial charge in [0.15, 0.2) is 0 Å². The molecule has 0 bridgehead atoms. The molecule has 0 fully saturated rings. The minimum Gasteiger partial charge on any atom is -0.324 e. The average molecular weight is 207 g/mol. The lowest BCUT2D eigenvalue weighted by Crippen LogP contribution is -2.18. The molecule has 2 nitrogen and oxygen atoms in total. The summed E-state index contributed by atoms with van der Waals surface area (Å²) in [6, 6.07) is 5.75. The first-order valence-corrected chi connectivity index (χ1v) is 5.08. The van der Waals surface area contributed by atoms with Crippen molar-refractivity contribution in [2.45, 2.75) is 25.3 Å². The molecule has 3 heteroatoms. The third-order valence-electron chi connectivity index (χ3n) is 2.68. The van der Waals surface area contributed by atoms with Gasteiger partial charge >= 0.3 is 0 Å². The van der Waals surface area contributed by atoms with Crippen LogP contribution in [0.3, 0.4) is 0 Å². The molecule has 1 aromatic rings. The number of nitriles is 1. The molecule has 0 aromatic heterocycles. The first-order chi connectivity index (χ1) is 6.72. The summed E-state index contributed by atoms with van der Waals surface area (Å²) < 4.78 is 0. The van der Waals surface area contributed by atoms with E-state index in [2.05, 4.69) is 6.07 Å². The predicted octanol–water partition coefficient (Wildman–Crippen LogP) is 2.55. The molecule has 0 aliphatic heterocycles. The van der Waals surface area contributed by atoms with Gasteiger partial charge in [0.05, 0.1) is 11.6 Å². The molecule has 0 unspecified atom stereocenters. The van der Waals surface area contributed by atoms with E-state index in [1.807, 2.05) is 6.07 Å². The van der Waals surface area contributed by atoms with Crippen LogP contribution in [-0.4, -0.2) is 0 Å². The number of fused-ring (bicyclic) bond motifs is 1. The minimum absolute atomic E-state index is 0.0407. The van der Waals surface area contributed by atoms with Crippen LogP contribution in [0.15, 0.2) is 12.1 Å². The fraction of sp³-hybridized carbons (Fsp3) is 0.364. The van der Waals surface area contributed by atoms with Crippen LogP contribution >= 0.6 is 11.6 Å². The Hall–Kier alpha value is -1.04. The molecule has 14 heavy (non-hydrogen) atoms. The summed E-state index contributed by atoms with van der Waals surface area (Å²) in [5.41, 5.74) is 8.78. The largest absolute Gasteiger partial charge is 0.324 e. The lowest BCUT2D eigenvalue weighted by molar-refractivity contribution is 0.570. The van der Waals surface area contributed by atoms with E-state index < -0.39 is 0 Å². The van der Waals surface area contributed by atoms with Crippen molar-refractivity contribution >= 4 is 11.6 Å². The second-order valence-electron chi connectivity index (χ2n) is 3.64. The molecule has 0 radical (unpaired) electrons. The molecule has 1 aromatic carbocycles. The summed E-state index contributed by atoms with van der Waals surface area (Å²) in [6.45, 7) is 0. The van der Waals surface area contributed by atoms with Crippen LogP contribution in [0.1, 0.15) is 35.6 Å². The number of halogens is 1. The Kier molecular flexibility index (Phi) is 2.45. The Labute approximate surface area is 88.3 Å². The van der Waals surface area contributed by atoms with Gasteiger partial charge in [0.2, 0.25) is 0 Å². The van der Waals surface area contributed by atoms with E-state index >= 15 is 0 Å². The zero-order chi connectivity index (χ0) is 10.1. The summed E-state index contributed by atoms with van der Waals surface area (Å²) in [7, 11) is 0. The van der Waals surface area contributed by atoms with Crippen LogP contribution in [-0.2, 0) is 6.42 Å². The average Bonchev–Trinajstić information content (AvgIpc) is 2.17. The van der Waals surface area contributed by atoms with E-state index in [-0.39, 0.29) is 6.04 Å². The van der Waals surface area contributed by atoms with Crippen LogP contribution in [0.4, 0.5) is 0 Å². The third-order valence-corrected chi connectivity index (χ3v) is 2.99. The third kappa shape index (κ3) is 1.50. The SMILES string of the molecule is N#Cc1cc(Cl)c2c(c1)CCC[C@@H]2N. The Balaban J connectivity index is 2.58. The highest BCUT2D eigenvalue weighted by Gasteiger charge is 2.20. The molecular formula is C11H11ClN2. The van der Waals surface area contributed by atoms with Gasteiger partial charge in [-0.2, -0.15) is 5.26 Å². The highest BCUT2D eigenvalue weighted by atomic mass is 35.5. The van der Waals surface area contributed by atoms with Gasteiger partial charge in [0.25, 0.3) is 0 Å². The van der Waals surface area contributed by atoms with E-state index in [0.717, 1.165) is 30.4 Å². The minimum atomic E-state index is 0.0407. The Morgan fingerprint density at radius 3 is 3.00 bits per heavy atom. The van der Waals surface area contributed by atoms with Gasteiger partial charge < -0.3 is 5.73 Å². The van der Waals surface area contributed by atoms with Crippen LogP contribution in [0, 0.1) is 11.3 Å². The molecule has 2 rings (SSSR count). The maximum Gasteiger partial charge on any atom is 0.0992 e. The van der Waals surface area contributed by atoms with Gasteiger partial charge in [-0.05, 0) is 42.5 Å². The molecule has 0 saturated carbocycles. The summed E-state index contributed by atoms with van der Waals surface area (Å²) in [4.78, 5) is 0. The Morgan fingerprint density at radius 1 is 1.50 bits per heavy atom. The van der Waals surface area contributed by atoms with E-state index in [1.54, 1.807) is 6.07 Å². The molecular weight excluding hydrogens is 196 g/mol. The van der Waals surface area contributed by atoms with Crippen molar-refractivity contribution in [2.75, 3.05) is 0 Å². The zero-order valence-corrected chi connectivity index (χ0v) is 8.51. The van der Waals surface area contributed by atoms with Gasteiger partial charge in [-0.15, -0.1) is 0 Å². The number of hydrogen-bond acceptors (Lipinski definition) is 2. The number of hydrogen-bond donors (Lipinski definition) is 1. The fourth-order valence-electron chi connectivity index (χ4n) is 2.02. The maximum absolute atomic E-state index is 8.79. The smallest absolute Gasteiger partial charge is 0.0992 e. The van der Waals surface area contributed by atoms with Crippen molar-refractivity contribution in [3.8, 4) is 6.07 Å². The van der Waals surface area contributed by atoms with Gasteiger partial charge in [-0.1, -0.05) is 11.6 Å². The van der Waals surface area contributed by atoms with E-state index in [9.17, 15) is 0 Å². The molecule has 1 aliphatic carbocycles. The summed E-state index contributed by atoms with van der Waals surface area (Å²) in [5.74, 6) is 0. The number of benzene rings is 1. The van der Waals surface area contributed by atoms with Crippen LogP contribution in [0.5, 0.6) is 0 Å². The van der Waals surface area contributed by atoms with E-state index in [0.29, 0.717) is 10.6 Å². The topological polar surface area (TPSA) is 49.8 Å². The zero-order valence-electron chi connectivity index (χ0n) is 7.76. The molecule has 0 heterocycles. The highest BCUT2D eigenvalue weighted by molar-refractivity contribution is 6.31. The first-order valence-electron chi connectivity index (χ1n) is 4.70. The summed E-state index contributed by atoms with van der Waals surface area (Å²) in [5, 5.41) is 9.43. The van der Waals surface area contributed by atoms with Crippen LogP contribution < -0.4 is 5.73 Å². The molecule has 0 spiro atoms. The summed E-state index contributed by atoms with van der Waals surface area (Å²) in [6.07, 6.45) is 3.05. The van der Waals surface area contributed by atoms with Crippen LogP contribution in [0.2, 0.25) is 5.02 Å². The number of rotatable bonds is 0. The van der Waals surface area contributed by atoms with Crippen molar-refractivity contribution < 1.29 is 0 Å². The molecule has 0 amide bonds. The van der Waals surface area contributed by atoms with Crippen molar-refractivity contribution in [3.63, 3.8) is 0 Å². The maximum atomic E-state index is 8.79. The second-order valence-corrected chi connectivity index (χ2v) is 4.05. The van der Waals surface area contributed by atoms with Crippen LogP contribution in [0.25, 0.3) is 0 Å². The van der Waals surface area contributed by atoms with Gasteiger partial charge in [-0.3, -0.25) is 0 Å². The van der Waals surface area contributed by atoms with Gasteiger partial charge in [0, 0.05) is 11.1 Å². The number of nitrogens with two attached hydrogens (primary N) is 1. The van der Waals surface area contributed by atoms with Gasteiger partial charge in [-0.25, -0.2) is 0 Å². The summed E-state index contributed by atoms with van der Waals surface area (Å²) >= 11 is 6.09. The van der Waals surface area contributed by atoms with Crippen molar-refractivity contribution in [1.29, 1.82) is 5.26 Å². The standard InChI is InChI=1S/C11H11ClN2/c12-9-5-7(6-13)4-8-2-1-3-10(14)11(8)9/h4-5,10H,1-3,14H2/t10-/m0/s1. The van der Waals surface area contributed by atoms with Crippen molar-refractivity contribution in [1.82, 2.24) is 0 Å². The lowest BCUT2D eigenvalue weighted by atomic mass is 9.87. The molecule has 0 saturated heterocycles. The first kappa shape index (κ1) is 9.51. The number of aryl methyl sites for hydroxylation is 1. The Bertz CT molecular complexity index is 406. The Morgan fingerprint density at radius 2 is 2.29 bits per heavy atom. The van der Waals surface area contributed by atoms with E-state index in [1.165, 1.54) is 0 Å². The second kappa shape index (κ2) is 3.61. The molecule has 1 aliphatic rings. The molecule has 1 atom stereocenters. The molecule has 2 N–H and O–H groups in total. The number of nitrogens with zero attached hydrogens (tertiary/aromatic N) is 1. The fourth-order valence-corrected chi connectivity index (χ4v) is 2.40. The van der Waals surface area contributed by atoms with Gasteiger partial charge in [0.1, 0.15) is 0 Å². The van der Waals surface area contributed by atoms with Crippen molar-refractivity contribution in [2.24, 2.45) is 5.73 Å². The lowest BCUT2D eigenvalue weighted by Gasteiger charge is -2.23. The highest BCUT2D eigenvalue weighted by Crippen LogP contribution is 2.34. The monoisotopic (exact) mass is 206 g/mol.